The van der Waals surface area contributed by atoms with Crippen LogP contribution < -0.4 is 30.7 Å². The molecule has 0 saturated carbocycles. The van der Waals surface area contributed by atoms with Crippen LogP contribution in [0.4, 0.5) is 26.7 Å². The fourth-order valence-corrected chi connectivity index (χ4v) is 4.43. The van der Waals surface area contributed by atoms with E-state index < -0.39 is 17.6 Å². The molecular weight excluding hydrogens is 564 g/mol. The Morgan fingerprint density at radius 3 is 2.30 bits per heavy atom. The summed E-state index contributed by atoms with van der Waals surface area (Å²) in [6, 6.07) is 14.7. The number of anilines is 3. The smallest absolute Gasteiger partial charge is 0.412 e. The minimum absolute atomic E-state index is 0.175. The van der Waals surface area contributed by atoms with Gasteiger partial charge in [0, 0.05) is 18.0 Å². The zero-order valence-electron chi connectivity index (χ0n) is 25.7. The lowest BCUT2D eigenvalue weighted by Gasteiger charge is -2.22. The van der Waals surface area contributed by atoms with E-state index in [1.165, 1.54) is 0 Å². The summed E-state index contributed by atoms with van der Waals surface area (Å²) >= 11 is 0. The molecule has 2 aromatic carbocycles. The molecule has 1 aliphatic rings. The molecule has 0 radical (unpaired) electrons. The molecular formula is C32H40N6O6. The maximum atomic E-state index is 13.1. The van der Waals surface area contributed by atoms with Crippen LogP contribution in [0.15, 0.2) is 60.8 Å². The summed E-state index contributed by atoms with van der Waals surface area (Å²) in [6.07, 6.45) is 2.44. The molecule has 4 amide bonds. The molecule has 4 rings (SSSR count). The first-order chi connectivity index (χ1) is 21.0. The molecule has 1 aromatic heterocycles. The van der Waals surface area contributed by atoms with Crippen molar-refractivity contribution in [3.8, 4) is 11.5 Å². The molecule has 0 fully saturated rings. The number of benzene rings is 2. The number of nitrogens with zero attached hydrogens (tertiary/aromatic N) is 2. The van der Waals surface area contributed by atoms with Gasteiger partial charge in [0.2, 0.25) is 0 Å². The van der Waals surface area contributed by atoms with Crippen LogP contribution >= 0.6 is 0 Å². The summed E-state index contributed by atoms with van der Waals surface area (Å²) in [5.74, 6) is 0.767. The van der Waals surface area contributed by atoms with Gasteiger partial charge in [0.15, 0.2) is 11.5 Å². The van der Waals surface area contributed by atoms with Crippen molar-refractivity contribution in [2.45, 2.75) is 45.3 Å². The highest BCUT2D eigenvalue weighted by molar-refractivity contribution is 6.05. The number of aromatic nitrogens is 1. The molecule has 0 saturated heterocycles. The Labute approximate surface area is 257 Å². The summed E-state index contributed by atoms with van der Waals surface area (Å²) in [7, 11) is 3.99. The largest absolute Gasteiger partial charge is 0.486 e. The molecule has 2 heterocycles. The zero-order chi connectivity index (χ0) is 31.7. The maximum absolute atomic E-state index is 13.1. The number of fused-ring (bicyclic) bond motifs is 1. The van der Waals surface area contributed by atoms with E-state index in [0.717, 1.165) is 18.5 Å². The van der Waals surface area contributed by atoms with Gasteiger partial charge in [-0.25, -0.2) is 9.59 Å². The van der Waals surface area contributed by atoms with Gasteiger partial charge in [-0.15, -0.1) is 0 Å². The molecule has 44 heavy (non-hydrogen) atoms. The number of hydrogen-bond acceptors (Lipinski definition) is 8. The fourth-order valence-electron chi connectivity index (χ4n) is 4.43. The Morgan fingerprint density at radius 2 is 1.64 bits per heavy atom. The minimum atomic E-state index is -0.667. The summed E-state index contributed by atoms with van der Waals surface area (Å²) in [5.41, 5.74) is 1.62. The van der Waals surface area contributed by atoms with Crippen molar-refractivity contribution >= 4 is 35.1 Å². The number of carbonyl (C=O) groups is 3. The standard InChI is InChI=1S/C32H40N6O6/c1-32(2,3)44-31(41)37-25-10-7-6-9-24(25)35-29(39)26-14-12-21(20-33-26)23(11-8-16-38(4)5)36-30(40)34-22-13-15-27-28(19-22)43-18-17-42-27/h6-7,9-10,12-15,19-20,23H,8,11,16-18H2,1-5H3,(H,35,39)(H,37,41)(H2,34,36,40). The number of pyridine rings is 1. The van der Waals surface area contributed by atoms with Gasteiger partial charge in [0.05, 0.1) is 17.4 Å². The van der Waals surface area contributed by atoms with Crippen LogP contribution in [0.2, 0.25) is 0 Å². The summed E-state index contributed by atoms with van der Waals surface area (Å²) in [6.45, 7) is 7.09. The van der Waals surface area contributed by atoms with E-state index in [1.807, 2.05) is 14.1 Å². The van der Waals surface area contributed by atoms with Gasteiger partial charge in [-0.3, -0.25) is 15.1 Å². The molecule has 0 spiro atoms. The monoisotopic (exact) mass is 604 g/mol. The van der Waals surface area contributed by atoms with Crippen LogP contribution in [0.5, 0.6) is 11.5 Å². The first-order valence-electron chi connectivity index (χ1n) is 14.4. The second-order valence-electron chi connectivity index (χ2n) is 11.6. The van der Waals surface area contributed by atoms with E-state index in [4.69, 9.17) is 14.2 Å². The fraction of sp³-hybridized carbons (Fsp3) is 0.375. The second-order valence-corrected chi connectivity index (χ2v) is 11.6. The Balaban J connectivity index is 1.42. The summed E-state index contributed by atoms with van der Waals surface area (Å²) in [4.78, 5) is 44.8. The van der Waals surface area contributed by atoms with Gasteiger partial charge >= 0.3 is 12.1 Å². The number of rotatable bonds is 10. The molecule has 12 nitrogen and oxygen atoms in total. The molecule has 3 aromatic rings. The first kappa shape index (κ1) is 32.1. The van der Waals surface area contributed by atoms with Crippen LogP contribution in [0.25, 0.3) is 0 Å². The number of para-hydroxylation sites is 2. The average Bonchev–Trinajstić information content (AvgIpc) is 2.96. The zero-order valence-corrected chi connectivity index (χ0v) is 25.7. The third kappa shape index (κ3) is 9.60. The number of amides is 4. The SMILES string of the molecule is CN(C)CCCC(NC(=O)Nc1ccc2c(c1)OCCO2)c1ccc(C(=O)Nc2ccccc2NC(=O)OC(C)(C)C)nc1. The maximum Gasteiger partial charge on any atom is 0.412 e. The van der Waals surface area contributed by atoms with Crippen molar-refractivity contribution in [3.63, 3.8) is 0 Å². The predicted octanol–water partition coefficient (Wildman–Crippen LogP) is 5.66. The van der Waals surface area contributed by atoms with Crippen LogP contribution in [0, 0.1) is 0 Å². The summed E-state index contributed by atoms with van der Waals surface area (Å²) < 4.78 is 16.5. The number of urea groups is 1. The first-order valence-corrected chi connectivity index (χ1v) is 14.4. The van der Waals surface area contributed by atoms with E-state index in [1.54, 1.807) is 81.6 Å². The van der Waals surface area contributed by atoms with E-state index in [2.05, 4.69) is 31.2 Å². The Bertz CT molecular complexity index is 1450. The molecule has 234 valence electrons. The molecule has 0 aliphatic carbocycles. The van der Waals surface area contributed by atoms with Crippen LogP contribution in [0.1, 0.15) is 55.7 Å². The highest BCUT2D eigenvalue weighted by Crippen LogP contribution is 2.32. The third-order valence-corrected chi connectivity index (χ3v) is 6.44. The van der Waals surface area contributed by atoms with Gasteiger partial charge in [0.1, 0.15) is 24.5 Å². The summed E-state index contributed by atoms with van der Waals surface area (Å²) in [5, 5.41) is 11.4. The number of ether oxygens (including phenoxy) is 3. The number of carbonyl (C=O) groups excluding carboxylic acids is 3. The van der Waals surface area contributed by atoms with Crippen molar-refractivity contribution < 1.29 is 28.6 Å². The molecule has 0 bridgehead atoms. The lowest BCUT2D eigenvalue weighted by molar-refractivity contribution is 0.0635. The lowest BCUT2D eigenvalue weighted by atomic mass is 10.0. The molecule has 4 N–H and O–H groups in total. The lowest BCUT2D eigenvalue weighted by Crippen LogP contribution is -2.33. The van der Waals surface area contributed by atoms with E-state index in [0.29, 0.717) is 48.2 Å². The highest BCUT2D eigenvalue weighted by atomic mass is 16.6. The second kappa shape index (κ2) is 14.6. The van der Waals surface area contributed by atoms with Crippen LogP contribution in [0.3, 0.4) is 0 Å². The molecule has 1 atom stereocenters. The Hall–Kier alpha value is -4.84. The average molecular weight is 605 g/mol. The van der Waals surface area contributed by atoms with Crippen molar-refractivity contribution in [1.82, 2.24) is 15.2 Å². The molecule has 1 aliphatic heterocycles. The number of hydrogen-bond donors (Lipinski definition) is 4. The van der Waals surface area contributed by atoms with Crippen molar-refractivity contribution in [2.75, 3.05) is 49.8 Å². The quantitative estimate of drug-likeness (QED) is 0.232. The topological polar surface area (TPSA) is 143 Å². The highest BCUT2D eigenvalue weighted by Gasteiger charge is 2.20. The van der Waals surface area contributed by atoms with Gasteiger partial charge in [-0.1, -0.05) is 18.2 Å². The van der Waals surface area contributed by atoms with Gasteiger partial charge in [0.25, 0.3) is 5.91 Å². The van der Waals surface area contributed by atoms with Gasteiger partial charge < -0.3 is 35.1 Å². The van der Waals surface area contributed by atoms with E-state index in [9.17, 15) is 14.4 Å². The third-order valence-electron chi connectivity index (χ3n) is 6.44. The Kier molecular flexibility index (Phi) is 10.6. The van der Waals surface area contributed by atoms with E-state index >= 15 is 0 Å². The van der Waals surface area contributed by atoms with E-state index in [-0.39, 0.29) is 17.8 Å². The van der Waals surface area contributed by atoms with Crippen LogP contribution in [-0.2, 0) is 4.74 Å². The predicted molar refractivity (Wildman–Crippen MR) is 169 cm³/mol. The van der Waals surface area contributed by atoms with Gasteiger partial charge in [-0.2, -0.15) is 0 Å². The normalized spacial score (nSPS) is 13.0. The van der Waals surface area contributed by atoms with Crippen LogP contribution in [-0.4, -0.2) is 67.4 Å². The van der Waals surface area contributed by atoms with Crippen molar-refractivity contribution in [2.24, 2.45) is 0 Å². The van der Waals surface area contributed by atoms with Crippen molar-refractivity contribution in [1.29, 1.82) is 0 Å². The Morgan fingerprint density at radius 1 is 0.932 bits per heavy atom. The molecule has 1 unspecified atom stereocenters. The van der Waals surface area contributed by atoms with Crippen molar-refractivity contribution in [3.05, 3.63) is 72.1 Å². The minimum Gasteiger partial charge on any atom is -0.486 e. The molecule has 12 heteroatoms. The van der Waals surface area contributed by atoms with Gasteiger partial charge in [-0.05, 0) is 90.1 Å². The number of nitrogens with one attached hydrogen (secondary N) is 4.